The van der Waals surface area contributed by atoms with E-state index in [9.17, 15) is 22.8 Å². The Kier molecular flexibility index (Phi) is 5.52. The molecular formula is C24H16ClF3N2O2. The Morgan fingerprint density at radius 3 is 2.25 bits per heavy atom. The third-order valence-electron chi connectivity index (χ3n) is 5.02. The van der Waals surface area contributed by atoms with Crippen LogP contribution < -0.4 is 10.2 Å². The average molecular weight is 457 g/mol. The number of hydrogen-bond donors (Lipinski definition) is 1. The van der Waals surface area contributed by atoms with Crippen LogP contribution in [-0.4, -0.2) is 11.8 Å². The van der Waals surface area contributed by atoms with Gasteiger partial charge in [0.2, 0.25) is 0 Å². The SMILES string of the molecule is Cc1ccc(NC2=C(c3ccccc3)C(=O)N(c3cccc(C(F)(F)F)c3)C2=O)cc1Cl. The monoisotopic (exact) mass is 456 g/mol. The van der Waals surface area contributed by atoms with Crippen molar-refractivity contribution >= 4 is 40.4 Å². The van der Waals surface area contributed by atoms with Crippen LogP contribution in [0.1, 0.15) is 16.7 Å². The molecule has 1 N–H and O–H groups in total. The number of aryl methyl sites for hydroxylation is 1. The zero-order chi connectivity index (χ0) is 23.0. The minimum atomic E-state index is -4.61. The van der Waals surface area contributed by atoms with Gasteiger partial charge >= 0.3 is 6.18 Å². The standard InChI is InChI=1S/C24H16ClF3N2O2/c1-14-10-11-17(13-19(14)25)29-21-20(15-6-3-2-4-7-15)22(31)30(23(21)32)18-9-5-8-16(12-18)24(26,27)28/h2-13,29H,1H3. The third-order valence-corrected chi connectivity index (χ3v) is 5.43. The van der Waals surface area contributed by atoms with Gasteiger partial charge in [-0.2, -0.15) is 13.2 Å². The number of halogens is 4. The number of carbonyl (C=O) groups excluding carboxylic acids is 2. The van der Waals surface area contributed by atoms with E-state index in [4.69, 9.17) is 11.6 Å². The van der Waals surface area contributed by atoms with Gasteiger partial charge in [-0.1, -0.05) is 54.1 Å². The summed E-state index contributed by atoms with van der Waals surface area (Å²) in [4.78, 5) is 27.3. The molecule has 3 aromatic rings. The number of carbonyl (C=O) groups is 2. The van der Waals surface area contributed by atoms with Gasteiger partial charge in [-0.3, -0.25) is 9.59 Å². The molecule has 162 valence electrons. The molecule has 4 nitrogen and oxygen atoms in total. The smallest absolute Gasteiger partial charge is 0.350 e. The lowest BCUT2D eigenvalue weighted by molar-refractivity contribution is -0.137. The van der Waals surface area contributed by atoms with Gasteiger partial charge in [-0.05, 0) is 48.4 Å². The van der Waals surface area contributed by atoms with E-state index >= 15 is 0 Å². The van der Waals surface area contributed by atoms with E-state index < -0.39 is 23.6 Å². The van der Waals surface area contributed by atoms with E-state index in [2.05, 4.69) is 5.32 Å². The molecule has 0 aromatic heterocycles. The lowest BCUT2D eigenvalue weighted by atomic mass is 10.0. The molecule has 0 saturated heterocycles. The van der Waals surface area contributed by atoms with Crippen molar-refractivity contribution in [3.8, 4) is 0 Å². The van der Waals surface area contributed by atoms with E-state index in [0.29, 0.717) is 16.3 Å². The van der Waals surface area contributed by atoms with Crippen molar-refractivity contribution < 1.29 is 22.8 Å². The van der Waals surface area contributed by atoms with Crippen LogP contribution in [0.5, 0.6) is 0 Å². The van der Waals surface area contributed by atoms with Crippen LogP contribution in [0.4, 0.5) is 24.5 Å². The number of benzene rings is 3. The number of imide groups is 1. The highest BCUT2D eigenvalue weighted by Gasteiger charge is 2.41. The first-order valence-corrected chi connectivity index (χ1v) is 9.93. The maximum absolute atomic E-state index is 13.3. The largest absolute Gasteiger partial charge is 0.416 e. The zero-order valence-electron chi connectivity index (χ0n) is 16.7. The van der Waals surface area contributed by atoms with Crippen molar-refractivity contribution in [3.05, 3.63) is 100 Å². The normalized spacial score (nSPS) is 14.3. The van der Waals surface area contributed by atoms with Crippen LogP contribution in [0.15, 0.2) is 78.5 Å². The van der Waals surface area contributed by atoms with Crippen LogP contribution in [0.25, 0.3) is 5.57 Å². The van der Waals surface area contributed by atoms with Gasteiger partial charge in [0.15, 0.2) is 0 Å². The van der Waals surface area contributed by atoms with Gasteiger partial charge in [0, 0.05) is 10.7 Å². The molecule has 8 heteroatoms. The fourth-order valence-corrected chi connectivity index (χ4v) is 3.57. The van der Waals surface area contributed by atoms with Crippen LogP contribution in [0.2, 0.25) is 5.02 Å². The predicted molar refractivity (Wildman–Crippen MR) is 117 cm³/mol. The molecule has 0 unspecified atom stereocenters. The summed E-state index contributed by atoms with van der Waals surface area (Å²) in [6.07, 6.45) is -4.61. The number of rotatable bonds is 4. The van der Waals surface area contributed by atoms with Crippen LogP contribution in [-0.2, 0) is 15.8 Å². The van der Waals surface area contributed by atoms with Gasteiger partial charge in [-0.25, -0.2) is 4.90 Å². The van der Waals surface area contributed by atoms with Crippen molar-refractivity contribution in [1.82, 2.24) is 0 Å². The number of nitrogens with one attached hydrogen (secondary N) is 1. The highest BCUT2D eigenvalue weighted by atomic mass is 35.5. The zero-order valence-corrected chi connectivity index (χ0v) is 17.5. The van der Waals surface area contributed by atoms with Gasteiger partial charge in [0.25, 0.3) is 11.8 Å². The number of amides is 2. The second-order valence-corrected chi connectivity index (χ2v) is 7.61. The van der Waals surface area contributed by atoms with Crippen LogP contribution in [0.3, 0.4) is 0 Å². The lowest BCUT2D eigenvalue weighted by Crippen LogP contribution is -2.32. The topological polar surface area (TPSA) is 49.4 Å². The molecule has 1 aliphatic heterocycles. The summed E-state index contributed by atoms with van der Waals surface area (Å²) >= 11 is 6.18. The number of anilines is 2. The fraction of sp³-hybridized carbons (Fsp3) is 0.0833. The van der Waals surface area contributed by atoms with Crippen molar-refractivity contribution in [1.29, 1.82) is 0 Å². The molecular weight excluding hydrogens is 441 g/mol. The molecule has 0 saturated carbocycles. The van der Waals surface area contributed by atoms with E-state index in [-0.39, 0.29) is 17.0 Å². The molecule has 1 aliphatic rings. The third kappa shape index (κ3) is 3.99. The van der Waals surface area contributed by atoms with E-state index in [0.717, 1.165) is 28.7 Å². The molecule has 0 aliphatic carbocycles. The molecule has 4 rings (SSSR count). The highest BCUT2D eigenvalue weighted by molar-refractivity contribution is 6.46. The quantitative estimate of drug-likeness (QED) is 0.485. The van der Waals surface area contributed by atoms with E-state index in [1.807, 2.05) is 6.92 Å². The summed E-state index contributed by atoms with van der Waals surface area (Å²) in [6, 6.07) is 17.6. The maximum Gasteiger partial charge on any atom is 0.416 e. The Bertz CT molecular complexity index is 1250. The summed E-state index contributed by atoms with van der Waals surface area (Å²) in [5.74, 6) is -1.48. The van der Waals surface area contributed by atoms with Crippen molar-refractivity contribution in [2.24, 2.45) is 0 Å². The summed E-state index contributed by atoms with van der Waals surface area (Å²) in [7, 11) is 0. The first kappa shape index (κ1) is 21.6. The average Bonchev–Trinajstić information content (AvgIpc) is 3.00. The lowest BCUT2D eigenvalue weighted by Gasteiger charge is -2.17. The maximum atomic E-state index is 13.3. The number of hydrogen-bond acceptors (Lipinski definition) is 3. The molecule has 2 amide bonds. The number of nitrogens with zero attached hydrogens (tertiary/aromatic N) is 1. The first-order chi connectivity index (χ1) is 15.2. The summed E-state index contributed by atoms with van der Waals surface area (Å²) in [5.41, 5.74) is 0.653. The Morgan fingerprint density at radius 1 is 0.875 bits per heavy atom. The van der Waals surface area contributed by atoms with Gasteiger partial charge in [0.05, 0.1) is 16.8 Å². The molecule has 0 spiro atoms. The Balaban J connectivity index is 1.81. The summed E-state index contributed by atoms with van der Waals surface area (Å²) in [5, 5.41) is 3.40. The Labute approximate surface area is 186 Å². The molecule has 0 fully saturated rings. The predicted octanol–water partition coefficient (Wildman–Crippen LogP) is 6.06. The molecule has 0 radical (unpaired) electrons. The molecule has 3 aromatic carbocycles. The number of alkyl halides is 3. The van der Waals surface area contributed by atoms with E-state index in [1.54, 1.807) is 48.5 Å². The van der Waals surface area contributed by atoms with Crippen molar-refractivity contribution in [2.45, 2.75) is 13.1 Å². The first-order valence-electron chi connectivity index (χ1n) is 9.56. The van der Waals surface area contributed by atoms with Gasteiger partial charge in [-0.15, -0.1) is 0 Å². The fourth-order valence-electron chi connectivity index (χ4n) is 3.39. The molecule has 1 heterocycles. The Hall–Kier alpha value is -3.58. The summed E-state index contributed by atoms with van der Waals surface area (Å²) < 4.78 is 39.6. The van der Waals surface area contributed by atoms with Gasteiger partial charge < -0.3 is 5.32 Å². The Morgan fingerprint density at radius 2 is 1.59 bits per heavy atom. The molecule has 0 bridgehead atoms. The summed E-state index contributed by atoms with van der Waals surface area (Å²) in [6.45, 7) is 1.82. The van der Waals surface area contributed by atoms with Crippen LogP contribution in [0, 0.1) is 6.92 Å². The minimum absolute atomic E-state index is 0.0430. The highest BCUT2D eigenvalue weighted by Crippen LogP contribution is 2.37. The second kappa shape index (κ2) is 8.16. The van der Waals surface area contributed by atoms with E-state index in [1.165, 1.54) is 6.07 Å². The van der Waals surface area contributed by atoms with Crippen molar-refractivity contribution in [3.63, 3.8) is 0 Å². The second-order valence-electron chi connectivity index (χ2n) is 7.20. The minimum Gasteiger partial charge on any atom is -0.350 e. The van der Waals surface area contributed by atoms with Crippen molar-refractivity contribution in [2.75, 3.05) is 10.2 Å². The van der Waals surface area contributed by atoms with Crippen LogP contribution >= 0.6 is 11.6 Å². The van der Waals surface area contributed by atoms with Gasteiger partial charge in [0.1, 0.15) is 5.70 Å². The molecule has 0 atom stereocenters. The molecule has 32 heavy (non-hydrogen) atoms.